The summed E-state index contributed by atoms with van der Waals surface area (Å²) >= 11 is 0. The standard InChI is InChI=1S/C35H40N6O4/c1-22-14-16-39(17-15-22)28-12-10-26(18-30(28)44-5)37-34-36-20-25-21-40(32-23(2)8-7-9-24(32)3)35(42)41(33(25)38-34)29-13-11-27(43-4)19-31(29)45-6/h7-13,18-20,22H,14-17,21H2,1-6H3,(H,36,37,38). The largest absolute Gasteiger partial charge is 0.497 e. The van der Waals surface area contributed by atoms with Gasteiger partial charge in [-0.15, -0.1) is 0 Å². The number of ether oxygens (including phenoxy) is 3. The average molecular weight is 609 g/mol. The third-order valence-corrected chi connectivity index (χ3v) is 8.70. The zero-order valence-electron chi connectivity index (χ0n) is 26.8. The molecule has 3 heterocycles. The number of carbonyl (C=O) groups excluding carboxylic acids is 1. The van der Waals surface area contributed by atoms with Gasteiger partial charge in [-0.2, -0.15) is 4.98 Å². The Hall–Kier alpha value is -4.99. The van der Waals surface area contributed by atoms with Crippen molar-refractivity contribution >= 4 is 40.5 Å². The van der Waals surface area contributed by atoms with Crippen molar-refractivity contribution in [2.75, 3.05) is 54.4 Å². The number of hydrogen-bond donors (Lipinski definition) is 1. The molecule has 45 heavy (non-hydrogen) atoms. The van der Waals surface area contributed by atoms with Crippen molar-refractivity contribution in [3.63, 3.8) is 0 Å². The molecule has 0 atom stereocenters. The van der Waals surface area contributed by atoms with Gasteiger partial charge in [-0.1, -0.05) is 25.1 Å². The third-order valence-electron chi connectivity index (χ3n) is 8.70. The Morgan fingerprint density at radius 2 is 1.56 bits per heavy atom. The Morgan fingerprint density at radius 1 is 0.867 bits per heavy atom. The minimum Gasteiger partial charge on any atom is -0.497 e. The van der Waals surface area contributed by atoms with E-state index >= 15 is 0 Å². The van der Waals surface area contributed by atoms with Crippen molar-refractivity contribution in [3.8, 4) is 17.2 Å². The highest BCUT2D eigenvalue weighted by molar-refractivity contribution is 6.11. The van der Waals surface area contributed by atoms with Gasteiger partial charge in [-0.05, 0) is 68.0 Å². The number of nitrogens with zero attached hydrogens (tertiary/aromatic N) is 5. The van der Waals surface area contributed by atoms with E-state index in [-0.39, 0.29) is 6.03 Å². The molecular weight excluding hydrogens is 568 g/mol. The van der Waals surface area contributed by atoms with Crippen molar-refractivity contribution in [2.45, 2.75) is 40.2 Å². The van der Waals surface area contributed by atoms with Gasteiger partial charge in [0.25, 0.3) is 0 Å². The number of fused-ring (bicyclic) bond motifs is 1. The van der Waals surface area contributed by atoms with Crippen LogP contribution in [0.5, 0.6) is 17.2 Å². The van der Waals surface area contributed by atoms with Crippen LogP contribution in [-0.4, -0.2) is 50.4 Å². The second-order valence-electron chi connectivity index (χ2n) is 11.7. The number of carbonyl (C=O) groups is 1. The van der Waals surface area contributed by atoms with Gasteiger partial charge in [0, 0.05) is 42.7 Å². The number of anilines is 6. The summed E-state index contributed by atoms with van der Waals surface area (Å²) in [6.07, 6.45) is 4.11. The van der Waals surface area contributed by atoms with Gasteiger partial charge in [0.15, 0.2) is 5.82 Å². The Kier molecular flexibility index (Phi) is 8.38. The molecule has 2 amide bonds. The summed E-state index contributed by atoms with van der Waals surface area (Å²) in [6, 6.07) is 17.2. The zero-order valence-corrected chi connectivity index (χ0v) is 26.8. The average Bonchev–Trinajstić information content (AvgIpc) is 3.05. The molecule has 6 rings (SSSR count). The first-order chi connectivity index (χ1) is 21.8. The summed E-state index contributed by atoms with van der Waals surface area (Å²) in [6.45, 7) is 8.68. The Morgan fingerprint density at radius 3 is 2.24 bits per heavy atom. The van der Waals surface area contributed by atoms with Crippen LogP contribution < -0.4 is 34.2 Å². The topological polar surface area (TPSA) is 92.3 Å². The molecule has 0 aliphatic carbocycles. The van der Waals surface area contributed by atoms with Gasteiger partial charge in [-0.3, -0.25) is 4.90 Å². The summed E-state index contributed by atoms with van der Waals surface area (Å²) in [7, 11) is 4.86. The smallest absolute Gasteiger partial charge is 0.335 e. The molecule has 1 aromatic heterocycles. The maximum atomic E-state index is 14.4. The van der Waals surface area contributed by atoms with Gasteiger partial charge < -0.3 is 24.4 Å². The van der Waals surface area contributed by atoms with Gasteiger partial charge in [0.2, 0.25) is 5.95 Å². The Labute approximate surface area is 264 Å². The molecule has 3 aromatic carbocycles. The maximum absolute atomic E-state index is 14.4. The van der Waals surface area contributed by atoms with Crippen LogP contribution in [0.1, 0.15) is 36.5 Å². The lowest BCUT2D eigenvalue weighted by Gasteiger charge is -2.37. The number of urea groups is 1. The molecule has 2 aliphatic rings. The highest BCUT2D eigenvalue weighted by atomic mass is 16.5. The Balaban J connectivity index is 1.39. The van der Waals surface area contributed by atoms with Crippen molar-refractivity contribution in [3.05, 3.63) is 77.5 Å². The molecule has 2 aliphatic heterocycles. The summed E-state index contributed by atoms with van der Waals surface area (Å²) < 4.78 is 17.0. The van der Waals surface area contributed by atoms with E-state index < -0.39 is 0 Å². The molecule has 1 fully saturated rings. The molecule has 0 saturated carbocycles. The predicted molar refractivity (Wildman–Crippen MR) is 178 cm³/mol. The van der Waals surface area contributed by atoms with Crippen LogP contribution in [0.3, 0.4) is 0 Å². The van der Waals surface area contributed by atoms with Gasteiger partial charge >= 0.3 is 6.03 Å². The van der Waals surface area contributed by atoms with E-state index in [0.29, 0.717) is 35.5 Å². The molecule has 0 bridgehead atoms. The van der Waals surface area contributed by atoms with E-state index in [1.54, 1.807) is 49.5 Å². The number of benzene rings is 3. The SMILES string of the molecule is COc1ccc(N2C(=O)N(c3c(C)cccc3C)Cc3cnc(Nc4ccc(N5CCC(C)CC5)c(OC)c4)nc32)c(OC)c1. The third kappa shape index (κ3) is 5.80. The molecular formula is C35H40N6O4. The van der Waals surface area contributed by atoms with Crippen molar-refractivity contribution < 1.29 is 19.0 Å². The second-order valence-corrected chi connectivity index (χ2v) is 11.7. The summed E-state index contributed by atoms with van der Waals surface area (Å²) in [5.41, 5.74) is 6.08. The van der Waals surface area contributed by atoms with Crippen LogP contribution >= 0.6 is 0 Å². The van der Waals surface area contributed by atoms with E-state index in [9.17, 15) is 4.79 Å². The van der Waals surface area contributed by atoms with Crippen LogP contribution in [0.2, 0.25) is 0 Å². The number of methoxy groups -OCH3 is 3. The number of rotatable bonds is 8. The predicted octanol–water partition coefficient (Wildman–Crippen LogP) is 7.38. The van der Waals surface area contributed by atoms with E-state index in [1.165, 1.54) is 12.8 Å². The fraction of sp³-hybridized carbons (Fsp3) is 0.343. The molecule has 0 unspecified atom stereocenters. The normalized spacial score (nSPS) is 15.2. The summed E-state index contributed by atoms with van der Waals surface area (Å²) in [5, 5.41) is 3.34. The maximum Gasteiger partial charge on any atom is 0.335 e. The molecule has 1 N–H and O–H groups in total. The van der Waals surface area contributed by atoms with Crippen molar-refractivity contribution in [2.24, 2.45) is 5.92 Å². The molecule has 1 saturated heterocycles. The lowest BCUT2D eigenvalue weighted by molar-refractivity contribution is 0.252. The van der Waals surface area contributed by atoms with Crippen LogP contribution in [0.25, 0.3) is 0 Å². The molecule has 0 spiro atoms. The summed E-state index contributed by atoms with van der Waals surface area (Å²) in [5.74, 6) is 3.48. The lowest BCUT2D eigenvalue weighted by Crippen LogP contribution is -2.46. The number of nitrogens with one attached hydrogen (secondary N) is 1. The zero-order chi connectivity index (χ0) is 31.7. The minimum absolute atomic E-state index is 0.241. The number of piperidine rings is 1. The van der Waals surface area contributed by atoms with E-state index in [4.69, 9.17) is 19.2 Å². The van der Waals surface area contributed by atoms with Gasteiger partial charge in [-0.25, -0.2) is 14.7 Å². The van der Waals surface area contributed by atoms with Crippen molar-refractivity contribution in [1.29, 1.82) is 0 Å². The van der Waals surface area contributed by atoms with Crippen LogP contribution in [-0.2, 0) is 6.54 Å². The van der Waals surface area contributed by atoms with E-state index in [0.717, 1.165) is 58.5 Å². The number of para-hydroxylation sites is 1. The highest BCUT2D eigenvalue weighted by Gasteiger charge is 2.37. The molecule has 10 heteroatoms. The molecule has 0 radical (unpaired) electrons. The second kappa shape index (κ2) is 12.6. The van der Waals surface area contributed by atoms with Crippen LogP contribution in [0.4, 0.5) is 39.3 Å². The van der Waals surface area contributed by atoms with Gasteiger partial charge in [0.1, 0.15) is 17.2 Å². The fourth-order valence-electron chi connectivity index (χ4n) is 6.20. The molecule has 10 nitrogen and oxygen atoms in total. The van der Waals surface area contributed by atoms with Crippen LogP contribution in [0.15, 0.2) is 60.8 Å². The molecule has 234 valence electrons. The quantitative estimate of drug-likeness (QED) is 0.222. The fourth-order valence-corrected chi connectivity index (χ4v) is 6.20. The Bertz CT molecular complexity index is 1700. The van der Waals surface area contributed by atoms with E-state index in [2.05, 4.69) is 28.2 Å². The van der Waals surface area contributed by atoms with Crippen LogP contribution in [0, 0.1) is 19.8 Å². The minimum atomic E-state index is -0.241. The molecule has 4 aromatic rings. The monoisotopic (exact) mass is 608 g/mol. The van der Waals surface area contributed by atoms with E-state index in [1.807, 2.05) is 50.2 Å². The number of aromatic nitrogens is 2. The first kappa shape index (κ1) is 30.1. The lowest BCUT2D eigenvalue weighted by atomic mass is 9.98. The van der Waals surface area contributed by atoms with Gasteiger partial charge in [0.05, 0.1) is 44.9 Å². The first-order valence-corrected chi connectivity index (χ1v) is 15.3. The number of aryl methyl sites for hydroxylation is 2. The number of amides is 2. The van der Waals surface area contributed by atoms with Crippen molar-refractivity contribution in [1.82, 2.24) is 9.97 Å². The highest BCUT2D eigenvalue weighted by Crippen LogP contribution is 2.43. The number of hydrogen-bond acceptors (Lipinski definition) is 8. The first-order valence-electron chi connectivity index (χ1n) is 15.3. The summed E-state index contributed by atoms with van der Waals surface area (Å²) in [4.78, 5) is 29.8.